The second kappa shape index (κ2) is 14.4. The smallest absolute Gasteiger partial charge is 0.485 e. The van der Waals surface area contributed by atoms with E-state index in [0.717, 1.165) is 10.9 Å². The number of alkyl halides is 3. The lowest BCUT2D eigenvalue weighted by atomic mass is 9.97. The van der Waals surface area contributed by atoms with Crippen LogP contribution in [0.15, 0.2) is 109 Å². The Morgan fingerprint density at radius 3 is 1.76 bits per heavy atom. The van der Waals surface area contributed by atoms with Crippen molar-refractivity contribution < 1.29 is 54.6 Å². The summed E-state index contributed by atoms with van der Waals surface area (Å²) in [5.74, 6) is -0.554. The third kappa shape index (κ3) is 7.64. The zero-order valence-corrected chi connectivity index (χ0v) is 27.4. The van der Waals surface area contributed by atoms with Crippen molar-refractivity contribution in [2.75, 3.05) is 0 Å². The van der Waals surface area contributed by atoms with Gasteiger partial charge in [-0.05, 0) is 48.6 Å². The number of aromatic nitrogens is 1. The lowest BCUT2D eigenvalue weighted by Crippen LogP contribution is -2.41. The third-order valence-corrected chi connectivity index (χ3v) is 8.27. The monoisotopic (exact) mass is 703 g/mol. The molecule has 9 nitrogen and oxygen atoms in total. The highest BCUT2D eigenvalue weighted by atomic mass is 32.2. The molecular weight excluding hydrogens is 675 g/mol. The number of nitrogens with zero attached hydrogens (tertiary/aromatic N) is 1. The van der Waals surface area contributed by atoms with E-state index in [1.54, 1.807) is 6.07 Å². The average molecular weight is 704 g/mol. The molecular formula is C37H28F3NO8S. The van der Waals surface area contributed by atoms with Crippen LogP contribution in [0.25, 0.3) is 32.6 Å². The first-order valence-electron chi connectivity index (χ1n) is 15.0. The van der Waals surface area contributed by atoms with Gasteiger partial charge < -0.3 is 14.0 Å². The van der Waals surface area contributed by atoms with Gasteiger partial charge in [0.05, 0.1) is 16.3 Å². The Balaban J connectivity index is 0.000000544. The molecule has 0 saturated heterocycles. The zero-order valence-electron chi connectivity index (χ0n) is 26.6. The fraction of sp³-hybridized carbons (Fsp3) is 0.135. The van der Waals surface area contributed by atoms with E-state index < -0.39 is 21.6 Å². The highest BCUT2D eigenvalue weighted by molar-refractivity contribution is 7.86. The summed E-state index contributed by atoms with van der Waals surface area (Å²) in [6.45, 7) is 3.51. The minimum atomic E-state index is -6.09. The number of halogens is 3. The van der Waals surface area contributed by atoms with E-state index in [1.807, 2.05) is 115 Å². The molecule has 6 rings (SSSR count). The van der Waals surface area contributed by atoms with Gasteiger partial charge in [0.2, 0.25) is 17.6 Å². The first-order valence-corrected chi connectivity index (χ1v) is 16.4. The van der Waals surface area contributed by atoms with Gasteiger partial charge in [0.15, 0.2) is 15.9 Å². The standard InChI is InChI=1S/C36H28NO5.CHF3O3S/c1-23-20-30(24(2)38)26-14-6-7-15-27(26)35(23)42-36(40)34-28-16-8-10-18-31(28)37(32-19-11-9-17-29(32)34)21-33(39)41-22-25-12-4-3-5-13-25;2-1(3,4)8(5,6)7/h3-20H,21-22H2,1-2H3;(H,5,6,7)/q+1;/p-1. The first kappa shape index (κ1) is 35.6. The van der Waals surface area contributed by atoms with Gasteiger partial charge >= 0.3 is 17.4 Å². The Labute approximate surface area is 284 Å². The van der Waals surface area contributed by atoms with Crippen molar-refractivity contribution in [2.24, 2.45) is 0 Å². The molecule has 0 atom stereocenters. The molecule has 50 heavy (non-hydrogen) atoms. The molecule has 0 fully saturated rings. The number of pyridine rings is 1. The second-order valence-electron chi connectivity index (χ2n) is 11.1. The number of aryl methyl sites for hydroxylation is 1. The van der Waals surface area contributed by atoms with Gasteiger partial charge in [0, 0.05) is 23.1 Å². The molecule has 0 amide bonds. The highest BCUT2D eigenvalue weighted by Crippen LogP contribution is 2.34. The lowest BCUT2D eigenvalue weighted by molar-refractivity contribution is -0.633. The van der Waals surface area contributed by atoms with Crippen LogP contribution >= 0.6 is 0 Å². The van der Waals surface area contributed by atoms with Crippen molar-refractivity contribution in [3.8, 4) is 5.75 Å². The van der Waals surface area contributed by atoms with E-state index >= 15 is 0 Å². The molecule has 6 aromatic rings. The van der Waals surface area contributed by atoms with E-state index in [-0.39, 0.29) is 24.9 Å². The Bertz CT molecular complexity index is 2320. The largest absolute Gasteiger partial charge is 0.741 e. The molecule has 1 heterocycles. The maximum Gasteiger partial charge on any atom is 0.485 e. The van der Waals surface area contributed by atoms with Crippen LogP contribution in [-0.4, -0.2) is 36.2 Å². The van der Waals surface area contributed by atoms with E-state index in [4.69, 9.17) is 22.4 Å². The first-order chi connectivity index (χ1) is 23.7. The number of hydrogen-bond donors (Lipinski definition) is 0. The molecule has 0 spiro atoms. The van der Waals surface area contributed by atoms with Gasteiger partial charge in [-0.1, -0.05) is 78.9 Å². The Morgan fingerprint density at radius 2 is 1.24 bits per heavy atom. The van der Waals surface area contributed by atoms with Gasteiger partial charge in [-0.25, -0.2) is 18.0 Å². The summed E-state index contributed by atoms with van der Waals surface area (Å²) < 4.78 is 72.5. The molecule has 13 heteroatoms. The van der Waals surface area contributed by atoms with Crippen molar-refractivity contribution in [1.82, 2.24) is 0 Å². The van der Waals surface area contributed by atoms with Crippen LogP contribution in [0.4, 0.5) is 13.2 Å². The Morgan fingerprint density at radius 1 is 0.760 bits per heavy atom. The number of esters is 2. The number of rotatable bonds is 7. The predicted octanol–water partition coefficient (Wildman–Crippen LogP) is 6.96. The van der Waals surface area contributed by atoms with Crippen LogP contribution in [0, 0.1) is 6.92 Å². The van der Waals surface area contributed by atoms with Gasteiger partial charge in [-0.3, -0.25) is 4.79 Å². The molecule has 0 aliphatic carbocycles. The van der Waals surface area contributed by atoms with Crippen LogP contribution in [0.1, 0.15) is 38.8 Å². The van der Waals surface area contributed by atoms with Crippen LogP contribution in [-0.2, 0) is 32.8 Å². The summed E-state index contributed by atoms with van der Waals surface area (Å²) in [4.78, 5) is 39.4. The fourth-order valence-electron chi connectivity index (χ4n) is 5.48. The molecule has 1 aromatic heterocycles. The highest BCUT2D eigenvalue weighted by Gasteiger charge is 2.37. The molecule has 0 N–H and O–H groups in total. The van der Waals surface area contributed by atoms with Crippen molar-refractivity contribution in [2.45, 2.75) is 32.5 Å². The van der Waals surface area contributed by atoms with E-state index in [0.29, 0.717) is 49.6 Å². The van der Waals surface area contributed by atoms with E-state index in [2.05, 4.69) is 0 Å². The normalized spacial score (nSPS) is 11.6. The molecule has 0 aliphatic heterocycles. The van der Waals surface area contributed by atoms with E-state index in [9.17, 15) is 27.6 Å². The molecule has 5 aromatic carbocycles. The van der Waals surface area contributed by atoms with Crippen LogP contribution in [0.2, 0.25) is 0 Å². The molecule has 0 saturated carbocycles. The maximum atomic E-state index is 14.1. The number of carbonyl (C=O) groups excluding carboxylic acids is 3. The molecule has 256 valence electrons. The summed E-state index contributed by atoms with van der Waals surface area (Å²) in [5.41, 5.74) is -1.67. The number of para-hydroxylation sites is 2. The predicted molar refractivity (Wildman–Crippen MR) is 177 cm³/mol. The third-order valence-electron chi connectivity index (χ3n) is 7.70. The Hall–Kier alpha value is -5.66. The van der Waals surface area contributed by atoms with Gasteiger partial charge in [-0.15, -0.1) is 0 Å². The summed E-state index contributed by atoms with van der Waals surface area (Å²) in [6.07, 6.45) is 0. The maximum absolute atomic E-state index is 14.1. The SMILES string of the molecule is CC(=O)c1cc(C)c(OC(=O)c2c3ccccc3[n+](CC(=O)OCc3ccccc3)c3ccccc23)c2ccccc12.O=S(=O)([O-])C(F)(F)F. The molecule has 0 unspecified atom stereocenters. The topological polar surface area (TPSA) is 131 Å². The average Bonchev–Trinajstić information content (AvgIpc) is 3.08. The van der Waals surface area contributed by atoms with Crippen molar-refractivity contribution in [1.29, 1.82) is 0 Å². The second-order valence-corrected chi connectivity index (χ2v) is 12.5. The minimum absolute atomic E-state index is 0.0283. The number of hydrogen-bond acceptors (Lipinski definition) is 8. The number of carbonyl (C=O) groups is 3. The van der Waals surface area contributed by atoms with Crippen molar-refractivity contribution in [3.05, 3.63) is 131 Å². The summed E-state index contributed by atoms with van der Waals surface area (Å²) in [6, 6.07) is 33.6. The fourth-order valence-corrected chi connectivity index (χ4v) is 5.48. The number of ether oxygens (including phenoxy) is 2. The van der Waals surface area contributed by atoms with Gasteiger partial charge in [-0.2, -0.15) is 17.7 Å². The number of ketones is 1. The molecule has 0 bridgehead atoms. The number of fused-ring (bicyclic) bond motifs is 3. The molecule has 0 aliphatic rings. The Kier molecular flexibility index (Phi) is 10.3. The summed E-state index contributed by atoms with van der Waals surface area (Å²) in [5, 5.41) is 2.73. The van der Waals surface area contributed by atoms with Crippen LogP contribution < -0.4 is 9.30 Å². The summed E-state index contributed by atoms with van der Waals surface area (Å²) in [7, 11) is -6.09. The lowest BCUT2D eigenvalue weighted by Gasteiger charge is -2.15. The zero-order chi connectivity index (χ0) is 36.2. The van der Waals surface area contributed by atoms with Gasteiger partial charge in [0.25, 0.3) is 0 Å². The van der Waals surface area contributed by atoms with Gasteiger partial charge in [0.1, 0.15) is 12.4 Å². The van der Waals surface area contributed by atoms with Crippen LogP contribution in [0.5, 0.6) is 5.75 Å². The minimum Gasteiger partial charge on any atom is -0.741 e. The quantitative estimate of drug-likeness (QED) is 0.0332. The van der Waals surface area contributed by atoms with Crippen LogP contribution in [0.3, 0.4) is 0 Å². The number of Topliss-reactive ketones (excluding diaryl/α,β-unsaturated/α-hetero) is 1. The summed E-state index contributed by atoms with van der Waals surface area (Å²) >= 11 is 0. The number of benzene rings is 5. The molecule has 0 radical (unpaired) electrons. The van der Waals surface area contributed by atoms with Crippen molar-refractivity contribution >= 4 is 60.4 Å². The van der Waals surface area contributed by atoms with Crippen molar-refractivity contribution in [3.63, 3.8) is 0 Å². The van der Waals surface area contributed by atoms with E-state index in [1.165, 1.54) is 6.92 Å².